The Morgan fingerprint density at radius 2 is 1.89 bits per heavy atom. The second-order valence-corrected chi connectivity index (χ2v) is 8.56. The van der Waals surface area contributed by atoms with Gasteiger partial charge in [0.2, 0.25) is 5.91 Å². The largest absolute Gasteiger partial charge is 0.444 e. The SMILES string of the molecule is CN(C(=O)C1(CN)CCN(C(=O)OC(C)(C)C)CC1)c1cc2ccccc2[nH]1. The summed E-state index contributed by atoms with van der Waals surface area (Å²) in [7, 11) is 1.77. The van der Waals surface area contributed by atoms with Gasteiger partial charge in [0.1, 0.15) is 11.4 Å². The third-order valence-corrected chi connectivity index (χ3v) is 5.40. The molecule has 0 saturated carbocycles. The Morgan fingerprint density at radius 3 is 2.46 bits per heavy atom. The Balaban J connectivity index is 1.72. The number of nitrogens with two attached hydrogens (primary N) is 1. The van der Waals surface area contributed by atoms with Crippen molar-refractivity contribution in [1.82, 2.24) is 9.88 Å². The van der Waals surface area contributed by atoms with E-state index in [9.17, 15) is 9.59 Å². The lowest BCUT2D eigenvalue weighted by Crippen LogP contribution is -2.54. The van der Waals surface area contributed by atoms with Crippen molar-refractivity contribution >= 4 is 28.7 Å². The molecule has 1 aromatic heterocycles. The van der Waals surface area contributed by atoms with Gasteiger partial charge in [0, 0.05) is 37.6 Å². The number of rotatable bonds is 3. The first kappa shape index (κ1) is 20.2. The molecule has 7 heteroatoms. The van der Waals surface area contributed by atoms with E-state index in [4.69, 9.17) is 10.5 Å². The fraction of sp³-hybridized carbons (Fsp3) is 0.524. The van der Waals surface area contributed by atoms with Gasteiger partial charge in [-0.3, -0.25) is 4.79 Å². The first-order valence-corrected chi connectivity index (χ1v) is 9.69. The Bertz CT molecular complexity index is 827. The summed E-state index contributed by atoms with van der Waals surface area (Å²) in [6.07, 6.45) is 0.702. The van der Waals surface area contributed by atoms with E-state index in [1.54, 1.807) is 16.8 Å². The number of aromatic nitrogens is 1. The van der Waals surface area contributed by atoms with E-state index in [0.717, 1.165) is 16.7 Å². The van der Waals surface area contributed by atoms with Gasteiger partial charge in [0.15, 0.2) is 0 Å². The van der Waals surface area contributed by atoms with Crippen LogP contribution in [0.1, 0.15) is 33.6 Å². The summed E-state index contributed by atoms with van der Waals surface area (Å²) in [5.41, 5.74) is 5.83. The third-order valence-electron chi connectivity index (χ3n) is 5.40. The molecule has 3 N–H and O–H groups in total. The number of carbonyl (C=O) groups is 2. The maximum absolute atomic E-state index is 13.3. The number of nitrogens with one attached hydrogen (secondary N) is 1. The predicted octanol–water partition coefficient (Wildman–Crippen LogP) is 3.11. The smallest absolute Gasteiger partial charge is 0.410 e. The fourth-order valence-electron chi connectivity index (χ4n) is 3.65. The van der Waals surface area contributed by atoms with Crippen LogP contribution in [0.2, 0.25) is 0 Å². The normalized spacial score (nSPS) is 16.8. The Hall–Kier alpha value is -2.54. The van der Waals surface area contributed by atoms with Crippen molar-refractivity contribution in [2.24, 2.45) is 11.1 Å². The molecule has 2 heterocycles. The highest BCUT2D eigenvalue weighted by Gasteiger charge is 2.43. The molecule has 2 amide bonds. The van der Waals surface area contributed by atoms with Crippen LogP contribution in [0, 0.1) is 5.41 Å². The second-order valence-electron chi connectivity index (χ2n) is 8.56. The van der Waals surface area contributed by atoms with Crippen molar-refractivity contribution in [1.29, 1.82) is 0 Å². The van der Waals surface area contributed by atoms with Crippen LogP contribution in [0.4, 0.5) is 10.6 Å². The zero-order valence-corrected chi connectivity index (χ0v) is 17.1. The molecule has 1 aliphatic rings. The van der Waals surface area contributed by atoms with E-state index in [0.29, 0.717) is 25.9 Å². The monoisotopic (exact) mass is 386 g/mol. The molecule has 0 radical (unpaired) electrons. The summed E-state index contributed by atoms with van der Waals surface area (Å²) in [6, 6.07) is 9.88. The summed E-state index contributed by atoms with van der Waals surface area (Å²) < 4.78 is 5.45. The van der Waals surface area contributed by atoms with Gasteiger partial charge >= 0.3 is 6.09 Å². The van der Waals surface area contributed by atoms with Crippen molar-refractivity contribution in [3.05, 3.63) is 30.3 Å². The number of hydrogen-bond donors (Lipinski definition) is 2. The van der Waals surface area contributed by atoms with Gasteiger partial charge in [0.25, 0.3) is 0 Å². The second kappa shape index (κ2) is 7.47. The number of ether oxygens (including phenoxy) is 1. The van der Waals surface area contributed by atoms with E-state index in [1.807, 2.05) is 51.1 Å². The number of nitrogens with zero attached hydrogens (tertiary/aromatic N) is 2. The number of hydrogen-bond acceptors (Lipinski definition) is 4. The molecule has 2 aromatic rings. The quantitative estimate of drug-likeness (QED) is 0.848. The minimum atomic E-state index is -0.676. The van der Waals surface area contributed by atoms with Crippen molar-refractivity contribution in [2.75, 3.05) is 31.6 Å². The topological polar surface area (TPSA) is 91.7 Å². The van der Waals surface area contributed by atoms with Gasteiger partial charge in [-0.2, -0.15) is 0 Å². The van der Waals surface area contributed by atoms with Gasteiger partial charge in [-0.05, 0) is 45.7 Å². The van der Waals surface area contributed by atoms with Gasteiger partial charge in [-0.25, -0.2) is 4.79 Å². The summed E-state index contributed by atoms with van der Waals surface area (Å²) in [5, 5.41) is 1.05. The minimum absolute atomic E-state index is 0.0228. The van der Waals surface area contributed by atoms with Crippen LogP contribution < -0.4 is 10.6 Å². The van der Waals surface area contributed by atoms with Crippen LogP contribution in [0.25, 0.3) is 10.9 Å². The maximum Gasteiger partial charge on any atom is 0.410 e. The summed E-state index contributed by atoms with van der Waals surface area (Å²) in [5.74, 6) is 0.721. The van der Waals surface area contributed by atoms with Crippen molar-refractivity contribution in [2.45, 2.75) is 39.2 Å². The molecule has 1 aliphatic heterocycles. The van der Waals surface area contributed by atoms with E-state index in [2.05, 4.69) is 4.98 Å². The standard InChI is InChI=1S/C21H30N4O3/c1-20(2,3)28-19(27)25-11-9-21(14-22,10-12-25)18(26)24(4)17-13-15-7-5-6-8-16(15)23-17/h5-8,13,23H,9-12,14,22H2,1-4H3. The molecule has 3 rings (SSSR count). The van der Waals surface area contributed by atoms with Crippen LogP contribution in [0.15, 0.2) is 30.3 Å². The molecule has 1 saturated heterocycles. The van der Waals surface area contributed by atoms with E-state index >= 15 is 0 Å². The molecule has 1 fully saturated rings. The molecule has 7 nitrogen and oxygen atoms in total. The van der Waals surface area contributed by atoms with Gasteiger partial charge < -0.3 is 25.3 Å². The summed E-state index contributed by atoms with van der Waals surface area (Å²) in [4.78, 5) is 32.2. The first-order chi connectivity index (χ1) is 13.1. The zero-order valence-electron chi connectivity index (χ0n) is 17.1. The van der Waals surface area contributed by atoms with Gasteiger partial charge in [0.05, 0.1) is 5.41 Å². The average Bonchev–Trinajstić information content (AvgIpc) is 3.09. The van der Waals surface area contributed by atoms with Crippen LogP contribution in [-0.2, 0) is 9.53 Å². The Labute approximate surface area is 165 Å². The molecule has 0 unspecified atom stereocenters. The molecule has 0 spiro atoms. The molecule has 28 heavy (non-hydrogen) atoms. The molecular formula is C21H30N4O3. The summed E-state index contributed by atoms with van der Waals surface area (Å²) >= 11 is 0. The van der Waals surface area contributed by atoms with Gasteiger partial charge in [-0.15, -0.1) is 0 Å². The highest BCUT2D eigenvalue weighted by atomic mass is 16.6. The van der Waals surface area contributed by atoms with Crippen LogP contribution in [-0.4, -0.2) is 54.2 Å². The number of fused-ring (bicyclic) bond motifs is 1. The number of amides is 2. The highest BCUT2D eigenvalue weighted by Crippen LogP contribution is 2.34. The Morgan fingerprint density at radius 1 is 1.25 bits per heavy atom. The molecule has 0 bridgehead atoms. The number of aromatic amines is 1. The summed E-state index contributed by atoms with van der Waals surface area (Å²) in [6.45, 7) is 6.70. The predicted molar refractivity (Wildman–Crippen MR) is 110 cm³/mol. The minimum Gasteiger partial charge on any atom is -0.444 e. The number of para-hydroxylation sites is 1. The number of anilines is 1. The average molecular weight is 386 g/mol. The van der Waals surface area contributed by atoms with E-state index in [-0.39, 0.29) is 18.5 Å². The molecule has 1 aromatic carbocycles. The maximum atomic E-state index is 13.3. The van der Waals surface area contributed by atoms with E-state index in [1.165, 1.54) is 0 Å². The van der Waals surface area contributed by atoms with Crippen molar-refractivity contribution in [3.63, 3.8) is 0 Å². The lowest BCUT2D eigenvalue weighted by molar-refractivity contribution is -0.130. The molecule has 0 atom stereocenters. The van der Waals surface area contributed by atoms with Crippen LogP contribution >= 0.6 is 0 Å². The number of piperidine rings is 1. The fourth-order valence-corrected chi connectivity index (χ4v) is 3.65. The zero-order chi connectivity index (χ0) is 20.5. The van der Waals surface area contributed by atoms with Crippen molar-refractivity contribution < 1.29 is 14.3 Å². The third kappa shape index (κ3) is 3.99. The number of benzene rings is 1. The van der Waals surface area contributed by atoms with Crippen molar-refractivity contribution in [3.8, 4) is 0 Å². The first-order valence-electron chi connectivity index (χ1n) is 9.69. The van der Waals surface area contributed by atoms with Gasteiger partial charge in [-0.1, -0.05) is 18.2 Å². The lowest BCUT2D eigenvalue weighted by atomic mass is 9.77. The lowest BCUT2D eigenvalue weighted by Gasteiger charge is -2.41. The van der Waals surface area contributed by atoms with E-state index < -0.39 is 11.0 Å². The molecule has 0 aliphatic carbocycles. The molecule has 152 valence electrons. The van der Waals surface area contributed by atoms with Crippen LogP contribution in [0.5, 0.6) is 0 Å². The Kier molecular flexibility index (Phi) is 5.39. The molecular weight excluding hydrogens is 356 g/mol. The highest BCUT2D eigenvalue weighted by molar-refractivity contribution is 5.99. The van der Waals surface area contributed by atoms with Crippen LogP contribution in [0.3, 0.4) is 0 Å². The number of carbonyl (C=O) groups excluding carboxylic acids is 2. The number of likely N-dealkylation sites (tertiary alicyclic amines) is 1. The number of H-pyrrole nitrogens is 1.